The highest BCUT2D eigenvalue weighted by Crippen LogP contribution is 2.17. The van der Waals surface area contributed by atoms with Gasteiger partial charge < -0.3 is 24.4 Å². The van der Waals surface area contributed by atoms with Crippen molar-refractivity contribution in [2.45, 2.75) is 51.7 Å². The maximum Gasteiger partial charge on any atom is 0.218 e. The van der Waals surface area contributed by atoms with Gasteiger partial charge >= 0.3 is 0 Å². The molecule has 7 nitrogen and oxygen atoms in total. The Hall–Kier alpha value is -3.68. The number of H-pyrrole nitrogens is 1. The Kier molecular flexibility index (Phi) is 9.08. The van der Waals surface area contributed by atoms with Crippen molar-refractivity contribution >= 4 is 12.2 Å². The Morgan fingerprint density at radius 2 is 1.86 bits per heavy atom. The quantitative estimate of drug-likeness (QED) is 0.231. The highest BCUT2D eigenvalue weighted by molar-refractivity contribution is 5.66. The summed E-state index contributed by atoms with van der Waals surface area (Å²) in [6, 6.07) is 16.4. The van der Waals surface area contributed by atoms with Gasteiger partial charge in [0.25, 0.3) is 0 Å². The summed E-state index contributed by atoms with van der Waals surface area (Å²) >= 11 is 0. The number of unbranched alkanes of at least 4 members (excludes halogenated alkanes) is 1. The van der Waals surface area contributed by atoms with Crippen molar-refractivity contribution in [3.05, 3.63) is 101 Å². The fraction of sp³-hybridized carbons (Fsp3) is 0.310. The van der Waals surface area contributed by atoms with Gasteiger partial charge in [-0.05, 0) is 61.9 Å². The summed E-state index contributed by atoms with van der Waals surface area (Å²) < 4.78 is 11.4. The van der Waals surface area contributed by atoms with Gasteiger partial charge in [0.2, 0.25) is 5.89 Å². The molecule has 2 aromatic heterocycles. The number of rotatable bonds is 13. The molecule has 0 radical (unpaired) electrons. The van der Waals surface area contributed by atoms with Crippen molar-refractivity contribution in [3.8, 4) is 5.75 Å². The van der Waals surface area contributed by atoms with E-state index in [9.17, 15) is 5.11 Å². The number of nitrogens with one attached hydrogen (secondary N) is 1. The molecule has 0 spiro atoms. The molecule has 0 aliphatic carbocycles. The smallest absolute Gasteiger partial charge is 0.218 e. The molecule has 4 aromatic rings. The lowest BCUT2D eigenvalue weighted by molar-refractivity contribution is 0.0940. The first-order chi connectivity index (χ1) is 17.6. The molecule has 0 bridgehead atoms. The van der Waals surface area contributed by atoms with E-state index in [1.54, 1.807) is 6.26 Å². The van der Waals surface area contributed by atoms with Crippen LogP contribution in [0.2, 0.25) is 0 Å². The zero-order chi connectivity index (χ0) is 25.2. The molecule has 0 aliphatic heterocycles. The van der Waals surface area contributed by atoms with Crippen LogP contribution in [0.25, 0.3) is 12.2 Å². The molecule has 2 aromatic carbocycles. The number of hydrogen-bond acceptors (Lipinski definition) is 6. The maximum atomic E-state index is 9.51. The summed E-state index contributed by atoms with van der Waals surface area (Å²) in [6.45, 7) is 2.16. The lowest BCUT2D eigenvalue weighted by Gasteiger charge is -2.06. The first-order valence-electron chi connectivity index (χ1n) is 12.3. The van der Waals surface area contributed by atoms with Crippen molar-refractivity contribution in [3.63, 3.8) is 0 Å². The number of hydrogen-bond donors (Lipinski definition) is 3. The van der Waals surface area contributed by atoms with E-state index < -0.39 is 6.10 Å². The van der Waals surface area contributed by atoms with Crippen molar-refractivity contribution in [1.82, 2.24) is 15.0 Å². The third-order valence-electron chi connectivity index (χ3n) is 5.81. The van der Waals surface area contributed by atoms with Gasteiger partial charge in [0.05, 0.1) is 18.4 Å². The first-order valence-corrected chi connectivity index (χ1v) is 12.3. The van der Waals surface area contributed by atoms with Crippen LogP contribution in [0, 0.1) is 6.92 Å². The third kappa shape index (κ3) is 7.93. The van der Waals surface area contributed by atoms with E-state index in [1.807, 2.05) is 42.6 Å². The van der Waals surface area contributed by atoms with Crippen LogP contribution in [-0.4, -0.2) is 37.9 Å². The molecular weight excluding hydrogens is 454 g/mol. The third-order valence-corrected chi connectivity index (χ3v) is 5.81. The van der Waals surface area contributed by atoms with Crippen LogP contribution in [0.3, 0.4) is 0 Å². The first kappa shape index (κ1) is 25.4. The minimum atomic E-state index is -0.768. The second-order valence-electron chi connectivity index (χ2n) is 8.94. The van der Waals surface area contributed by atoms with Crippen LogP contribution in [-0.2, 0) is 25.9 Å². The summed E-state index contributed by atoms with van der Waals surface area (Å²) in [5, 5.41) is 18.4. The SMILES string of the molecule is Cc1cccc(C=Cc2nc(COc3ccc(CCCCc4c[nH]c(CC(O)CO)n4)cc3)co2)c1. The Balaban J connectivity index is 1.16. The summed E-state index contributed by atoms with van der Waals surface area (Å²) in [5.74, 6) is 2.06. The zero-order valence-electron chi connectivity index (χ0n) is 20.6. The highest BCUT2D eigenvalue weighted by Gasteiger charge is 2.08. The van der Waals surface area contributed by atoms with E-state index in [0.717, 1.165) is 48.4 Å². The summed E-state index contributed by atoms with van der Waals surface area (Å²) in [7, 11) is 0. The minimum Gasteiger partial charge on any atom is -0.487 e. The van der Waals surface area contributed by atoms with Crippen LogP contribution in [0.15, 0.2) is 65.4 Å². The molecule has 0 saturated carbocycles. The van der Waals surface area contributed by atoms with Gasteiger partial charge in [-0.15, -0.1) is 0 Å². The maximum absolute atomic E-state index is 9.51. The van der Waals surface area contributed by atoms with Gasteiger partial charge in [-0.2, -0.15) is 0 Å². The number of benzene rings is 2. The zero-order valence-corrected chi connectivity index (χ0v) is 20.6. The standard InChI is InChI=1S/C29H33N3O4/c1-21-5-4-7-23(15-21)11-14-29-32-25(20-36-29)19-35-27-12-9-22(10-13-27)6-2-3-8-24-17-30-28(31-24)16-26(34)18-33/h4-5,7,9-15,17,20,26,33-34H,2-3,6,8,16,18-19H2,1H3,(H,30,31). The lowest BCUT2D eigenvalue weighted by Crippen LogP contribution is -2.15. The fourth-order valence-electron chi connectivity index (χ4n) is 3.88. The monoisotopic (exact) mass is 487 g/mol. The van der Waals surface area contributed by atoms with Gasteiger partial charge in [-0.3, -0.25) is 0 Å². The summed E-state index contributed by atoms with van der Waals surface area (Å²) in [6.07, 6.45) is 10.9. The van der Waals surface area contributed by atoms with Crippen molar-refractivity contribution < 1.29 is 19.4 Å². The van der Waals surface area contributed by atoms with Crippen LogP contribution in [0.5, 0.6) is 5.75 Å². The van der Waals surface area contributed by atoms with E-state index in [-0.39, 0.29) is 6.61 Å². The molecule has 0 fully saturated rings. The molecule has 0 saturated heterocycles. The molecule has 7 heteroatoms. The Morgan fingerprint density at radius 1 is 1.03 bits per heavy atom. The predicted octanol–water partition coefficient (Wildman–Crippen LogP) is 4.92. The molecule has 0 aliphatic rings. The summed E-state index contributed by atoms with van der Waals surface area (Å²) in [4.78, 5) is 12.0. The van der Waals surface area contributed by atoms with Crippen LogP contribution >= 0.6 is 0 Å². The van der Waals surface area contributed by atoms with Gasteiger partial charge in [0.15, 0.2) is 0 Å². The van der Waals surface area contributed by atoms with Gasteiger partial charge in [0, 0.05) is 18.7 Å². The molecule has 4 rings (SSSR count). The lowest BCUT2D eigenvalue weighted by atomic mass is 10.1. The normalized spacial score (nSPS) is 12.3. The average molecular weight is 488 g/mol. The Bertz CT molecular complexity index is 1240. The number of aliphatic hydroxyl groups excluding tert-OH is 2. The van der Waals surface area contributed by atoms with Gasteiger partial charge in [0.1, 0.15) is 30.1 Å². The molecule has 1 unspecified atom stereocenters. The number of nitrogens with zero attached hydrogens (tertiary/aromatic N) is 2. The molecule has 1 atom stereocenters. The largest absolute Gasteiger partial charge is 0.487 e. The summed E-state index contributed by atoms with van der Waals surface area (Å²) in [5.41, 5.74) is 5.32. The number of oxazole rings is 1. The second-order valence-corrected chi connectivity index (χ2v) is 8.94. The number of ether oxygens (including phenoxy) is 1. The van der Waals surface area contributed by atoms with E-state index in [2.05, 4.69) is 46.1 Å². The predicted molar refractivity (Wildman–Crippen MR) is 139 cm³/mol. The number of aliphatic hydroxyl groups is 2. The van der Waals surface area contributed by atoms with E-state index in [4.69, 9.17) is 14.3 Å². The topological polar surface area (TPSA) is 104 Å². The van der Waals surface area contributed by atoms with Crippen molar-refractivity contribution in [2.24, 2.45) is 0 Å². The molecule has 0 amide bonds. The van der Waals surface area contributed by atoms with E-state index in [0.29, 0.717) is 24.7 Å². The molecule has 188 valence electrons. The van der Waals surface area contributed by atoms with E-state index in [1.165, 1.54) is 11.1 Å². The molecular formula is C29H33N3O4. The van der Waals surface area contributed by atoms with Crippen molar-refractivity contribution in [2.75, 3.05) is 6.61 Å². The van der Waals surface area contributed by atoms with E-state index >= 15 is 0 Å². The Labute approximate surface area is 211 Å². The van der Waals surface area contributed by atoms with Crippen LogP contribution < -0.4 is 4.74 Å². The fourth-order valence-corrected chi connectivity index (χ4v) is 3.88. The second kappa shape index (κ2) is 12.9. The number of aromatic amines is 1. The minimum absolute atomic E-state index is 0.256. The highest BCUT2D eigenvalue weighted by atomic mass is 16.5. The average Bonchev–Trinajstić information content (AvgIpc) is 3.54. The van der Waals surface area contributed by atoms with Crippen LogP contribution in [0.1, 0.15) is 52.6 Å². The van der Waals surface area contributed by atoms with Gasteiger partial charge in [-0.1, -0.05) is 42.0 Å². The van der Waals surface area contributed by atoms with Crippen LogP contribution in [0.4, 0.5) is 0 Å². The van der Waals surface area contributed by atoms with Gasteiger partial charge in [-0.25, -0.2) is 9.97 Å². The number of aromatic nitrogens is 3. The molecule has 3 N–H and O–H groups in total. The molecule has 2 heterocycles. The molecule has 36 heavy (non-hydrogen) atoms. The Morgan fingerprint density at radius 3 is 2.67 bits per heavy atom. The number of aryl methyl sites for hydroxylation is 3. The number of imidazole rings is 1. The van der Waals surface area contributed by atoms with Crippen molar-refractivity contribution in [1.29, 1.82) is 0 Å².